The van der Waals surface area contributed by atoms with Gasteiger partial charge < -0.3 is 15.4 Å². The van der Waals surface area contributed by atoms with Gasteiger partial charge in [0.2, 0.25) is 0 Å². The van der Waals surface area contributed by atoms with Crippen LogP contribution in [0.2, 0.25) is 0 Å². The van der Waals surface area contributed by atoms with E-state index < -0.39 is 0 Å². The quantitative estimate of drug-likeness (QED) is 0.647. The van der Waals surface area contributed by atoms with Crippen LogP contribution in [-0.2, 0) is 0 Å². The molecule has 0 radical (unpaired) electrons. The predicted octanol–water partition coefficient (Wildman–Crippen LogP) is 2.45. The molecule has 1 aromatic carbocycles. The zero-order chi connectivity index (χ0) is 13.3. The van der Waals surface area contributed by atoms with Crippen molar-refractivity contribution in [2.75, 3.05) is 18.5 Å². The molecule has 0 saturated carbocycles. The highest BCUT2D eigenvalue weighted by Gasteiger charge is 1.97. The summed E-state index contributed by atoms with van der Waals surface area (Å²) in [5.74, 6) is 0.857. The number of para-hydroxylation sites is 1. The molecule has 0 aliphatic carbocycles. The van der Waals surface area contributed by atoms with Crippen LogP contribution in [-0.4, -0.2) is 23.2 Å². The van der Waals surface area contributed by atoms with E-state index in [2.05, 4.69) is 15.6 Å². The van der Waals surface area contributed by atoms with E-state index in [1.54, 1.807) is 12.4 Å². The largest absolute Gasteiger partial charge is 0.492 e. The molecule has 2 aromatic rings. The van der Waals surface area contributed by atoms with Gasteiger partial charge in [-0.15, -0.1) is 0 Å². The molecule has 0 atom stereocenters. The first-order valence-corrected chi connectivity index (χ1v) is 6.38. The van der Waals surface area contributed by atoms with Crippen molar-refractivity contribution in [1.82, 2.24) is 10.3 Å². The van der Waals surface area contributed by atoms with Crippen molar-refractivity contribution in [2.45, 2.75) is 0 Å². The van der Waals surface area contributed by atoms with Gasteiger partial charge in [-0.25, -0.2) is 0 Å². The Hall–Kier alpha value is -2.14. The topological polar surface area (TPSA) is 46.2 Å². The lowest BCUT2D eigenvalue weighted by Crippen LogP contribution is -2.31. The Balaban J connectivity index is 1.65. The molecular formula is C14H15N3OS. The summed E-state index contributed by atoms with van der Waals surface area (Å²) in [5, 5.41) is 6.67. The molecule has 0 aliphatic rings. The lowest BCUT2D eigenvalue weighted by atomic mass is 10.3. The zero-order valence-electron chi connectivity index (χ0n) is 10.4. The monoisotopic (exact) mass is 273 g/mol. The van der Waals surface area contributed by atoms with Crippen LogP contribution in [0, 0.1) is 0 Å². The summed E-state index contributed by atoms with van der Waals surface area (Å²) >= 11 is 5.16. The highest BCUT2D eigenvalue weighted by atomic mass is 32.1. The van der Waals surface area contributed by atoms with E-state index in [1.807, 2.05) is 42.5 Å². The van der Waals surface area contributed by atoms with E-state index in [9.17, 15) is 0 Å². The number of hydrogen-bond donors (Lipinski definition) is 2. The molecule has 2 rings (SSSR count). The van der Waals surface area contributed by atoms with Gasteiger partial charge in [0.15, 0.2) is 5.11 Å². The maximum atomic E-state index is 5.54. The number of anilines is 1. The van der Waals surface area contributed by atoms with Crippen molar-refractivity contribution < 1.29 is 4.74 Å². The third kappa shape index (κ3) is 4.93. The fourth-order valence-electron chi connectivity index (χ4n) is 1.46. The van der Waals surface area contributed by atoms with Crippen LogP contribution in [0.4, 0.5) is 5.69 Å². The average molecular weight is 273 g/mol. The maximum Gasteiger partial charge on any atom is 0.170 e. The molecule has 5 heteroatoms. The minimum Gasteiger partial charge on any atom is -0.492 e. The molecule has 0 aliphatic heterocycles. The standard InChI is InChI=1S/C14H15N3OS/c19-14(17-12-5-4-8-15-11-12)16-9-10-18-13-6-2-1-3-7-13/h1-8,11H,9-10H2,(H2,16,17,19). The average Bonchev–Trinajstić information content (AvgIpc) is 2.46. The first-order valence-electron chi connectivity index (χ1n) is 5.97. The van der Waals surface area contributed by atoms with Gasteiger partial charge in [-0.2, -0.15) is 0 Å². The third-order valence-corrected chi connectivity index (χ3v) is 2.57. The molecule has 2 N–H and O–H groups in total. The third-order valence-electron chi connectivity index (χ3n) is 2.32. The molecule has 0 saturated heterocycles. The van der Waals surface area contributed by atoms with Gasteiger partial charge in [0.05, 0.1) is 18.4 Å². The van der Waals surface area contributed by atoms with Gasteiger partial charge in [0, 0.05) is 6.20 Å². The number of nitrogens with one attached hydrogen (secondary N) is 2. The molecule has 0 bridgehead atoms. The molecule has 0 unspecified atom stereocenters. The summed E-state index contributed by atoms with van der Waals surface area (Å²) < 4.78 is 5.54. The van der Waals surface area contributed by atoms with E-state index in [0.29, 0.717) is 18.3 Å². The minimum absolute atomic E-state index is 0.554. The van der Waals surface area contributed by atoms with Crippen LogP contribution in [0.5, 0.6) is 5.75 Å². The smallest absolute Gasteiger partial charge is 0.170 e. The lowest BCUT2D eigenvalue weighted by molar-refractivity contribution is 0.323. The highest BCUT2D eigenvalue weighted by molar-refractivity contribution is 7.80. The van der Waals surface area contributed by atoms with Gasteiger partial charge in [-0.05, 0) is 36.5 Å². The van der Waals surface area contributed by atoms with Crippen LogP contribution in [0.1, 0.15) is 0 Å². The van der Waals surface area contributed by atoms with E-state index >= 15 is 0 Å². The maximum absolute atomic E-state index is 5.54. The molecule has 0 spiro atoms. The molecule has 19 heavy (non-hydrogen) atoms. The molecule has 1 heterocycles. The Bertz CT molecular complexity index is 505. The van der Waals surface area contributed by atoms with Crippen molar-refractivity contribution in [2.24, 2.45) is 0 Å². The van der Waals surface area contributed by atoms with Crippen LogP contribution in [0.25, 0.3) is 0 Å². The van der Waals surface area contributed by atoms with Crippen molar-refractivity contribution in [1.29, 1.82) is 0 Å². The number of nitrogens with zero attached hydrogens (tertiary/aromatic N) is 1. The van der Waals surface area contributed by atoms with Gasteiger partial charge >= 0.3 is 0 Å². The summed E-state index contributed by atoms with van der Waals surface area (Å²) in [7, 11) is 0. The zero-order valence-corrected chi connectivity index (χ0v) is 11.2. The molecule has 4 nitrogen and oxygen atoms in total. The van der Waals surface area contributed by atoms with Gasteiger partial charge in [-0.1, -0.05) is 18.2 Å². The Morgan fingerprint density at radius 2 is 2.00 bits per heavy atom. The molecular weight excluding hydrogens is 258 g/mol. The first kappa shape index (κ1) is 13.3. The normalized spacial score (nSPS) is 9.68. The predicted molar refractivity (Wildman–Crippen MR) is 80.4 cm³/mol. The number of ether oxygens (including phenoxy) is 1. The second kappa shape index (κ2) is 7.33. The Morgan fingerprint density at radius 1 is 1.16 bits per heavy atom. The van der Waals surface area contributed by atoms with Crippen LogP contribution < -0.4 is 15.4 Å². The Kier molecular flexibility index (Phi) is 5.13. The van der Waals surface area contributed by atoms with Crippen molar-refractivity contribution in [3.63, 3.8) is 0 Å². The summed E-state index contributed by atoms with van der Waals surface area (Å²) in [4.78, 5) is 4.00. The van der Waals surface area contributed by atoms with Crippen molar-refractivity contribution in [3.8, 4) is 5.75 Å². The van der Waals surface area contributed by atoms with Crippen LogP contribution in [0.15, 0.2) is 54.9 Å². The molecule has 1 aromatic heterocycles. The van der Waals surface area contributed by atoms with E-state index in [4.69, 9.17) is 17.0 Å². The fraction of sp³-hybridized carbons (Fsp3) is 0.143. The fourth-order valence-corrected chi connectivity index (χ4v) is 1.68. The van der Waals surface area contributed by atoms with E-state index in [-0.39, 0.29) is 0 Å². The van der Waals surface area contributed by atoms with Gasteiger partial charge in [0.1, 0.15) is 12.4 Å². The Morgan fingerprint density at radius 3 is 2.74 bits per heavy atom. The number of pyridine rings is 1. The SMILES string of the molecule is S=C(NCCOc1ccccc1)Nc1cccnc1. The van der Waals surface area contributed by atoms with Gasteiger partial charge in [-0.3, -0.25) is 4.98 Å². The second-order valence-corrected chi connectivity index (χ2v) is 4.19. The first-order chi connectivity index (χ1) is 9.34. The number of thiocarbonyl (C=S) groups is 1. The highest BCUT2D eigenvalue weighted by Crippen LogP contribution is 2.07. The molecule has 98 valence electrons. The molecule has 0 fully saturated rings. The van der Waals surface area contributed by atoms with E-state index in [0.717, 1.165) is 11.4 Å². The summed E-state index contributed by atoms with van der Waals surface area (Å²) in [6.45, 7) is 1.19. The van der Waals surface area contributed by atoms with Gasteiger partial charge in [0.25, 0.3) is 0 Å². The van der Waals surface area contributed by atoms with Crippen molar-refractivity contribution >= 4 is 23.0 Å². The van der Waals surface area contributed by atoms with Crippen molar-refractivity contribution in [3.05, 3.63) is 54.9 Å². The molecule has 0 amide bonds. The van der Waals surface area contributed by atoms with Crippen LogP contribution >= 0.6 is 12.2 Å². The number of rotatable bonds is 5. The Labute approximate surface area is 117 Å². The number of benzene rings is 1. The minimum atomic E-state index is 0.554. The summed E-state index contributed by atoms with van der Waals surface area (Å²) in [6, 6.07) is 13.4. The van der Waals surface area contributed by atoms with Crippen LogP contribution in [0.3, 0.4) is 0 Å². The van der Waals surface area contributed by atoms with E-state index in [1.165, 1.54) is 0 Å². The lowest BCUT2D eigenvalue weighted by Gasteiger charge is -2.10. The summed E-state index contributed by atoms with van der Waals surface area (Å²) in [6.07, 6.45) is 3.43. The number of hydrogen-bond acceptors (Lipinski definition) is 3. The number of aromatic nitrogens is 1. The summed E-state index contributed by atoms with van der Waals surface area (Å²) in [5.41, 5.74) is 0.865. The second-order valence-electron chi connectivity index (χ2n) is 3.78.